The number of benzene rings is 1. The van der Waals surface area contributed by atoms with Gasteiger partial charge in [-0.2, -0.15) is 0 Å². The Balaban J connectivity index is 2.01. The first-order valence-electron chi connectivity index (χ1n) is 7.17. The Kier molecular flexibility index (Phi) is 4.65. The number of aromatic hydroxyl groups is 1. The minimum atomic E-state index is 0.357. The summed E-state index contributed by atoms with van der Waals surface area (Å²) >= 11 is 0. The average Bonchev–Trinajstić information content (AvgIpc) is 2.84. The first kappa shape index (κ1) is 13.4. The molecule has 0 aromatic heterocycles. The van der Waals surface area contributed by atoms with Gasteiger partial charge in [0.1, 0.15) is 5.75 Å². The van der Waals surface area contributed by atoms with Crippen LogP contribution < -0.4 is 0 Å². The van der Waals surface area contributed by atoms with Crippen LogP contribution in [0.15, 0.2) is 24.3 Å². The van der Waals surface area contributed by atoms with Crippen LogP contribution in [-0.4, -0.2) is 22.6 Å². The lowest BCUT2D eigenvalue weighted by atomic mass is 10.1. The quantitative estimate of drug-likeness (QED) is 0.855. The van der Waals surface area contributed by atoms with Gasteiger partial charge >= 0.3 is 0 Å². The van der Waals surface area contributed by atoms with Crippen LogP contribution in [0.2, 0.25) is 0 Å². The summed E-state index contributed by atoms with van der Waals surface area (Å²) in [4.78, 5) is 2.63. The molecule has 0 amide bonds. The molecule has 0 saturated heterocycles. The second-order valence-corrected chi connectivity index (χ2v) is 5.93. The van der Waals surface area contributed by atoms with Crippen molar-refractivity contribution >= 4 is 0 Å². The summed E-state index contributed by atoms with van der Waals surface area (Å²) in [5.74, 6) is 1.07. The third-order valence-electron chi connectivity index (χ3n) is 3.76. The Hall–Kier alpha value is -1.02. The molecule has 1 N–H and O–H groups in total. The minimum Gasteiger partial charge on any atom is -0.508 e. The third kappa shape index (κ3) is 3.74. The fourth-order valence-corrected chi connectivity index (χ4v) is 2.92. The number of phenolic OH excluding ortho intramolecular Hbond substituents is 1. The zero-order valence-corrected chi connectivity index (χ0v) is 11.6. The summed E-state index contributed by atoms with van der Waals surface area (Å²) < 4.78 is 0. The van der Waals surface area contributed by atoms with Gasteiger partial charge in [-0.05, 0) is 36.5 Å². The molecule has 0 heterocycles. The van der Waals surface area contributed by atoms with E-state index in [0.717, 1.165) is 12.6 Å². The molecule has 1 aliphatic carbocycles. The van der Waals surface area contributed by atoms with Crippen molar-refractivity contribution in [2.75, 3.05) is 6.54 Å². The Morgan fingerprint density at radius 2 is 1.78 bits per heavy atom. The van der Waals surface area contributed by atoms with Gasteiger partial charge in [-0.25, -0.2) is 0 Å². The predicted molar refractivity (Wildman–Crippen MR) is 75.6 cm³/mol. The fourth-order valence-electron chi connectivity index (χ4n) is 2.92. The molecule has 1 aliphatic rings. The van der Waals surface area contributed by atoms with Gasteiger partial charge in [0.05, 0.1) is 0 Å². The fraction of sp³-hybridized carbons (Fsp3) is 0.625. The van der Waals surface area contributed by atoms with E-state index in [1.165, 1.54) is 37.8 Å². The first-order chi connectivity index (χ1) is 8.65. The van der Waals surface area contributed by atoms with Gasteiger partial charge in [-0.3, -0.25) is 4.90 Å². The number of nitrogens with zero attached hydrogens (tertiary/aromatic N) is 1. The molecular formula is C16H25NO. The van der Waals surface area contributed by atoms with Crippen LogP contribution in [0.3, 0.4) is 0 Å². The molecule has 18 heavy (non-hydrogen) atoms. The smallest absolute Gasteiger partial charge is 0.115 e. The zero-order chi connectivity index (χ0) is 13.0. The van der Waals surface area contributed by atoms with Gasteiger partial charge in [0.2, 0.25) is 0 Å². The number of hydrogen-bond donors (Lipinski definition) is 1. The van der Waals surface area contributed by atoms with Gasteiger partial charge < -0.3 is 5.11 Å². The van der Waals surface area contributed by atoms with Crippen LogP contribution in [0.4, 0.5) is 0 Å². The lowest BCUT2D eigenvalue weighted by Crippen LogP contribution is -2.35. The van der Waals surface area contributed by atoms with E-state index in [2.05, 4.69) is 18.7 Å². The minimum absolute atomic E-state index is 0.357. The molecule has 1 saturated carbocycles. The molecule has 0 unspecified atom stereocenters. The highest BCUT2D eigenvalue weighted by Gasteiger charge is 2.23. The van der Waals surface area contributed by atoms with E-state index in [-0.39, 0.29) is 0 Å². The summed E-state index contributed by atoms with van der Waals surface area (Å²) in [7, 11) is 0. The molecule has 100 valence electrons. The maximum absolute atomic E-state index is 9.33. The van der Waals surface area contributed by atoms with Gasteiger partial charge in [0.15, 0.2) is 0 Å². The van der Waals surface area contributed by atoms with E-state index in [1.54, 1.807) is 12.1 Å². The maximum Gasteiger partial charge on any atom is 0.115 e. The van der Waals surface area contributed by atoms with Crippen molar-refractivity contribution in [3.8, 4) is 5.75 Å². The van der Waals surface area contributed by atoms with Gasteiger partial charge in [0.25, 0.3) is 0 Å². The molecule has 0 aliphatic heterocycles. The van der Waals surface area contributed by atoms with Gasteiger partial charge in [-0.15, -0.1) is 0 Å². The molecule has 0 bridgehead atoms. The van der Waals surface area contributed by atoms with Crippen molar-refractivity contribution in [3.05, 3.63) is 29.8 Å². The summed E-state index contributed by atoms with van der Waals surface area (Å²) in [5.41, 5.74) is 1.31. The highest BCUT2D eigenvalue weighted by molar-refractivity contribution is 5.25. The molecule has 2 rings (SSSR count). The Bertz CT molecular complexity index is 352. The van der Waals surface area contributed by atoms with Crippen LogP contribution >= 0.6 is 0 Å². The molecule has 1 fully saturated rings. The second kappa shape index (κ2) is 6.24. The van der Waals surface area contributed by atoms with Crippen LogP contribution in [0.5, 0.6) is 5.75 Å². The summed E-state index contributed by atoms with van der Waals surface area (Å²) in [6.07, 6.45) is 5.47. The van der Waals surface area contributed by atoms with Crippen LogP contribution in [-0.2, 0) is 6.54 Å². The molecule has 0 spiro atoms. The first-order valence-corrected chi connectivity index (χ1v) is 7.17. The van der Waals surface area contributed by atoms with E-state index < -0.39 is 0 Å². The topological polar surface area (TPSA) is 23.5 Å². The highest BCUT2D eigenvalue weighted by Crippen LogP contribution is 2.26. The monoisotopic (exact) mass is 247 g/mol. The Morgan fingerprint density at radius 3 is 2.33 bits per heavy atom. The van der Waals surface area contributed by atoms with Crippen LogP contribution in [0, 0.1) is 5.92 Å². The summed E-state index contributed by atoms with van der Waals surface area (Å²) in [6, 6.07) is 8.42. The largest absolute Gasteiger partial charge is 0.508 e. The van der Waals surface area contributed by atoms with Crippen molar-refractivity contribution in [1.82, 2.24) is 4.90 Å². The molecule has 0 radical (unpaired) electrons. The van der Waals surface area contributed by atoms with Crippen molar-refractivity contribution in [2.45, 2.75) is 52.1 Å². The predicted octanol–water partition coefficient (Wildman–Crippen LogP) is 3.79. The summed E-state index contributed by atoms with van der Waals surface area (Å²) in [5, 5.41) is 9.33. The molecular weight excluding hydrogens is 222 g/mol. The number of phenols is 1. The Morgan fingerprint density at radius 1 is 1.17 bits per heavy atom. The van der Waals surface area contributed by atoms with E-state index in [1.807, 2.05) is 12.1 Å². The lowest BCUT2D eigenvalue weighted by Gasteiger charge is -2.30. The molecule has 0 atom stereocenters. The summed E-state index contributed by atoms with van der Waals surface area (Å²) in [6.45, 7) is 6.77. The molecule has 1 aromatic rings. The van der Waals surface area contributed by atoms with Gasteiger partial charge in [-0.1, -0.05) is 38.8 Å². The van der Waals surface area contributed by atoms with Gasteiger partial charge in [0, 0.05) is 19.1 Å². The molecule has 2 nitrogen and oxygen atoms in total. The van der Waals surface area contributed by atoms with Crippen molar-refractivity contribution < 1.29 is 5.11 Å². The second-order valence-electron chi connectivity index (χ2n) is 5.93. The van der Waals surface area contributed by atoms with E-state index in [9.17, 15) is 5.11 Å². The van der Waals surface area contributed by atoms with Crippen molar-refractivity contribution in [2.24, 2.45) is 5.92 Å². The van der Waals surface area contributed by atoms with E-state index in [4.69, 9.17) is 0 Å². The highest BCUT2D eigenvalue weighted by atomic mass is 16.3. The van der Waals surface area contributed by atoms with Crippen molar-refractivity contribution in [1.29, 1.82) is 0 Å². The average molecular weight is 247 g/mol. The SMILES string of the molecule is CC(C)CN(Cc1ccc(O)cc1)C1CCCC1. The number of hydrogen-bond acceptors (Lipinski definition) is 2. The normalized spacial score (nSPS) is 16.9. The van der Waals surface area contributed by atoms with E-state index in [0.29, 0.717) is 11.7 Å². The van der Waals surface area contributed by atoms with Crippen LogP contribution in [0.1, 0.15) is 45.1 Å². The van der Waals surface area contributed by atoms with Crippen LogP contribution in [0.25, 0.3) is 0 Å². The number of rotatable bonds is 5. The molecule has 2 heteroatoms. The van der Waals surface area contributed by atoms with E-state index >= 15 is 0 Å². The third-order valence-corrected chi connectivity index (χ3v) is 3.76. The zero-order valence-electron chi connectivity index (χ0n) is 11.6. The standard InChI is InChI=1S/C16H25NO/c1-13(2)11-17(15-5-3-4-6-15)12-14-7-9-16(18)10-8-14/h7-10,13,15,18H,3-6,11-12H2,1-2H3. The Labute approximate surface area is 111 Å². The van der Waals surface area contributed by atoms with Crippen molar-refractivity contribution in [3.63, 3.8) is 0 Å². The lowest BCUT2D eigenvalue weighted by molar-refractivity contribution is 0.168. The molecule has 1 aromatic carbocycles. The maximum atomic E-state index is 9.33.